The summed E-state index contributed by atoms with van der Waals surface area (Å²) in [5.41, 5.74) is 0.609. The molecule has 1 N–H and O–H groups in total. The molecule has 1 aromatic carbocycles. The molecular weight excluding hydrogens is 242 g/mol. The molecule has 0 aliphatic heterocycles. The summed E-state index contributed by atoms with van der Waals surface area (Å²) in [6, 6.07) is 5.53. The zero-order chi connectivity index (χ0) is 13.8. The summed E-state index contributed by atoms with van der Waals surface area (Å²) in [6.45, 7) is 2.22. The van der Waals surface area contributed by atoms with Crippen molar-refractivity contribution in [1.82, 2.24) is 5.32 Å². The third kappa shape index (κ3) is 3.19. The lowest BCUT2D eigenvalue weighted by Gasteiger charge is -2.14. The minimum absolute atomic E-state index is 0.0416. The third-order valence-corrected chi connectivity index (χ3v) is 3.68. The Morgan fingerprint density at radius 3 is 2.53 bits per heavy atom. The van der Waals surface area contributed by atoms with Crippen molar-refractivity contribution >= 4 is 5.91 Å². The van der Waals surface area contributed by atoms with Crippen LogP contribution in [0.5, 0.6) is 11.5 Å². The van der Waals surface area contributed by atoms with E-state index >= 15 is 0 Å². The van der Waals surface area contributed by atoms with Gasteiger partial charge in [0.05, 0.1) is 14.2 Å². The van der Waals surface area contributed by atoms with E-state index < -0.39 is 0 Å². The summed E-state index contributed by atoms with van der Waals surface area (Å²) in [5, 5.41) is 3.08. The van der Waals surface area contributed by atoms with Gasteiger partial charge in [-0.25, -0.2) is 0 Å². The highest BCUT2D eigenvalue weighted by atomic mass is 16.5. The Balaban J connectivity index is 2.06. The molecule has 1 aliphatic rings. The lowest BCUT2D eigenvalue weighted by Crippen LogP contribution is -2.32. The molecule has 2 unspecified atom stereocenters. The summed E-state index contributed by atoms with van der Waals surface area (Å²) in [6.07, 6.45) is 3.33. The number of ether oxygens (including phenoxy) is 2. The van der Waals surface area contributed by atoms with E-state index in [0.29, 0.717) is 29.0 Å². The number of carbonyl (C=O) groups is 1. The number of rotatable bonds is 4. The molecule has 1 aliphatic carbocycles. The van der Waals surface area contributed by atoms with Crippen LogP contribution in [0.2, 0.25) is 0 Å². The highest BCUT2D eigenvalue weighted by molar-refractivity contribution is 5.95. The van der Waals surface area contributed by atoms with Gasteiger partial charge in [0.1, 0.15) is 0 Å². The van der Waals surface area contributed by atoms with Crippen LogP contribution in [0, 0.1) is 5.92 Å². The van der Waals surface area contributed by atoms with Crippen molar-refractivity contribution in [2.45, 2.75) is 32.2 Å². The van der Waals surface area contributed by atoms with E-state index in [4.69, 9.17) is 9.47 Å². The van der Waals surface area contributed by atoms with E-state index in [1.54, 1.807) is 32.4 Å². The molecule has 1 amide bonds. The van der Waals surface area contributed by atoms with Gasteiger partial charge >= 0.3 is 0 Å². The minimum atomic E-state index is -0.0416. The highest BCUT2D eigenvalue weighted by Crippen LogP contribution is 2.28. The van der Waals surface area contributed by atoms with Crippen molar-refractivity contribution in [1.29, 1.82) is 0 Å². The van der Waals surface area contributed by atoms with Crippen molar-refractivity contribution in [3.05, 3.63) is 23.8 Å². The number of benzene rings is 1. The summed E-state index contributed by atoms with van der Waals surface area (Å²) in [4.78, 5) is 12.2. The fraction of sp³-hybridized carbons (Fsp3) is 0.533. The standard InChI is InChI=1S/C15H21NO3/c1-10-4-6-12(8-10)16-15(17)11-5-7-13(18-2)14(9-11)19-3/h5,7,9-10,12H,4,6,8H2,1-3H3,(H,16,17). The number of amides is 1. The van der Waals surface area contributed by atoms with Crippen LogP contribution in [-0.4, -0.2) is 26.2 Å². The molecule has 2 atom stereocenters. The predicted octanol–water partition coefficient (Wildman–Crippen LogP) is 2.62. The van der Waals surface area contributed by atoms with Gasteiger partial charge in [0.2, 0.25) is 0 Å². The molecule has 104 valence electrons. The van der Waals surface area contributed by atoms with Gasteiger partial charge in [0, 0.05) is 11.6 Å². The van der Waals surface area contributed by atoms with Gasteiger partial charge in [-0.15, -0.1) is 0 Å². The van der Waals surface area contributed by atoms with Crippen LogP contribution in [-0.2, 0) is 0 Å². The Morgan fingerprint density at radius 1 is 1.21 bits per heavy atom. The van der Waals surface area contributed by atoms with E-state index in [1.807, 2.05) is 0 Å². The minimum Gasteiger partial charge on any atom is -0.493 e. The average molecular weight is 263 g/mol. The maximum atomic E-state index is 12.2. The van der Waals surface area contributed by atoms with Crippen molar-refractivity contribution in [3.8, 4) is 11.5 Å². The van der Waals surface area contributed by atoms with Crippen LogP contribution in [0.4, 0.5) is 0 Å². The van der Waals surface area contributed by atoms with Crippen LogP contribution in [0.15, 0.2) is 18.2 Å². The molecule has 2 rings (SSSR count). The lowest BCUT2D eigenvalue weighted by molar-refractivity contribution is 0.0937. The highest BCUT2D eigenvalue weighted by Gasteiger charge is 2.23. The van der Waals surface area contributed by atoms with Gasteiger partial charge in [-0.3, -0.25) is 4.79 Å². The van der Waals surface area contributed by atoms with Gasteiger partial charge in [-0.05, 0) is 43.4 Å². The molecule has 1 aromatic rings. The van der Waals surface area contributed by atoms with Gasteiger partial charge in [-0.2, -0.15) is 0 Å². The molecule has 19 heavy (non-hydrogen) atoms. The van der Waals surface area contributed by atoms with Crippen LogP contribution < -0.4 is 14.8 Å². The molecule has 0 saturated heterocycles. The summed E-state index contributed by atoms with van der Waals surface area (Å²) >= 11 is 0. The second-order valence-electron chi connectivity index (χ2n) is 5.16. The van der Waals surface area contributed by atoms with Gasteiger partial charge in [0.15, 0.2) is 11.5 Å². The molecule has 4 heteroatoms. The Bertz CT molecular complexity index is 459. The van der Waals surface area contributed by atoms with E-state index in [0.717, 1.165) is 12.8 Å². The number of hydrogen-bond donors (Lipinski definition) is 1. The van der Waals surface area contributed by atoms with Crippen molar-refractivity contribution < 1.29 is 14.3 Å². The van der Waals surface area contributed by atoms with Crippen LogP contribution in [0.3, 0.4) is 0 Å². The zero-order valence-corrected chi connectivity index (χ0v) is 11.7. The maximum Gasteiger partial charge on any atom is 0.251 e. The summed E-state index contributed by atoms with van der Waals surface area (Å²) in [7, 11) is 3.15. The SMILES string of the molecule is COc1ccc(C(=O)NC2CCC(C)C2)cc1OC. The van der Waals surface area contributed by atoms with E-state index in [9.17, 15) is 4.79 Å². The lowest BCUT2D eigenvalue weighted by atomic mass is 10.1. The van der Waals surface area contributed by atoms with E-state index in [1.165, 1.54) is 6.42 Å². The monoisotopic (exact) mass is 263 g/mol. The second-order valence-corrected chi connectivity index (χ2v) is 5.16. The maximum absolute atomic E-state index is 12.2. The van der Waals surface area contributed by atoms with Crippen molar-refractivity contribution in [2.24, 2.45) is 5.92 Å². The first-order valence-electron chi connectivity index (χ1n) is 6.67. The number of nitrogens with one attached hydrogen (secondary N) is 1. The van der Waals surface area contributed by atoms with Crippen LogP contribution in [0.1, 0.15) is 36.5 Å². The normalized spacial score (nSPS) is 22.1. The Kier molecular flexibility index (Phi) is 4.30. The molecular formula is C15H21NO3. The molecule has 0 radical (unpaired) electrons. The average Bonchev–Trinajstić information content (AvgIpc) is 2.83. The second kappa shape index (κ2) is 5.95. The molecule has 0 spiro atoms. The van der Waals surface area contributed by atoms with E-state index in [-0.39, 0.29) is 5.91 Å². The van der Waals surface area contributed by atoms with Gasteiger partial charge in [-0.1, -0.05) is 6.92 Å². The Hall–Kier alpha value is -1.71. The number of hydrogen-bond acceptors (Lipinski definition) is 3. The smallest absolute Gasteiger partial charge is 0.251 e. The van der Waals surface area contributed by atoms with Gasteiger partial charge < -0.3 is 14.8 Å². The molecule has 4 nitrogen and oxygen atoms in total. The van der Waals surface area contributed by atoms with Crippen LogP contribution >= 0.6 is 0 Å². The largest absolute Gasteiger partial charge is 0.493 e. The molecule has 1 saturated carbocycles. The molecule has 0 heterocycles. The molecule has 0 bridgehead atoms. The topological polar surface area (TPSA) is 47.6 Å². The van der Waals surface area contributed by atoms with E-state index in [2.05, 4.69) is 12.2 Å². The number of carbonyl (C=O) groups excluding carboxylic acids is 1. The number of methoxy groups -OCH3 is 2. The van der Waals surface area contributed by atoms with Gasteiger partial charge in [0.25, 0.3) is 5.91 Å². The first-order valence-corrected chi connectivity index (χ1v) is 6.67. The molecule has 1 fully saturated rings. The fourth-order valence-electron chi connectivity index (χ4n) is 2.58. The summed E-state index contributed by atoms with van der Waals surface area (Å²) in [5.74, 6) is 1.87. The Morgan fingerprint density at radius 2 is 1.95 bits per heavy atom. The quantitative estimate of drug-likeness (QED) is 0.908. The predicted molar refractivity (Wildman–Crippen MR) is 73.8 cm³/mol. The zero-order valence-electron chi connectivity index (χ0n) is 11.7. The fourth-order valence-corrected chi connectivity index (χ4v) is 2.58. The Labute approximate surface area is 114 Å². The third-order valence-electron chi connectivity index (χ3n) is 3.68. The van der Waals surface area contributed by atoms with Crippen molar-refractivity contribution in [3.63, 3.8) is 0 Å². The van der Waals surface area contributed by atoms with Crippen LogP contribution in [0.25, 0.3) is 0 Å². The molecule has 0 aromatic heterocycles. The summed E-state index contributed by atoms with van der Waals surface area (Å²) < 4.78 is 10.4. The first-order chi connectivity index (χ1) is 9.13. The van der Waals surface area contributed by atoms with Crippen molar-refractivity contribution in [2.75, 3.05) is 14.2 Å². The first kappa shape index (κ1) is 13.7.